The Morgan fingerprint density at radius 2 is 1.67 bits per heavy atom. The van der Waals surface area contributed by atoms with Crippen molar-refractivity contribution in [2.24, 2.45) is 0 Å². The van der Waals surface area contributed by atoms with Gasteiger partial charge in [-0.3, -0.25) is 9.69 Å². The quantitative estimate of drug-likeness (QED) is 0.581. The molecule has 2 aromatic rings. The number of hydrogen-bond acceptors (Lipinski definition) is 5. The second-order valence-electron chi connectivity index (χ2n) is 6.87. The van der Waals surface area contributed by atoms with Crippen molar-refractivity contribution >= 4 is 11.8 Å². The third-order valence-corrected chi connectivity index (χ3v) is 4.86. The third-order valence-electron chi connectivity index (χ3n) is 4.86. The lowest BCUT2D eigenvalue weighted by molar-refractivity contribution is 0.0523. The first-order valence-corrected chi connectivity index (χ1v) is 9.39. The van der Waals surface area contributed by atoms with Crippen LogP contribution in [-0.2, 0) is 11.3 Å². The first-order chi connectivity index (χ1) is 13.1. The number of ether oxygens (including phenoxy) is 1. The van der Waals surface area contributed by atoms with E-state index in [1.807, 2.05) is 18.2 Å². The topological polar surface area (TPSA) is 49.9 Å². The summed E-state index contributed by atoms with van der Waals surface area (Å²) in [6.45, 7) is 7.04. The fraction of sp³-hybridized carbons (Fsp3) is 0.364. The van der Waals surface area contributed by atoms with E-state index in [2.05, 4.69) is 16.8 Å². The number of nitrogens with zero attached hydrogens (tertiary/aromatic N) is 2. The summed E-state index contributed by atoms with van der Waals surface area (Å²) in [5.41, 5.74) is 2.40. The highest BCUT2D eigenvalue weighted by molar-refractivity contribution is 6.14. The number of carbonyl (C=O) groups is 2. The molecule has 0 bridgehead atoms. The molecule has 1 fully saturated rings. The van der Waals surface area contributed by atoms with E-state index in [0.29, 0.717) is 16.7 Å². The molecule has 27 heavy (non-hydrogen) atoms. The number of rotatable bonds is 6. The van der Waals surface area contributed by atoms with E-state index in [4.69, 9.17) is 4.74 Å². The zero-order valence-electron chi connectivity index (χ0n) is 16.0. The van der Waals surface area contributed by atoms with Gasteiger partial charge in [0.15, 0.2) is 5.78 Å². The van der Waals surface area contributed by atoms with Crippen molar-refractivity contribution in [3.05, 3.63) is 70.8 Å². The molecule has 1 aliphatic rings. The first-order valence-electron chi connectivity index (χ1n) is 9.39. The minimum absolute atomic E-state index is 0.154. The van der Waals surface area contributed by atoms with Gasteiger partial charge in [0.05, 0.1) is 12.2 Å². The summed E-state index contributed by atoms with van der Waals surface area (Å²) >= 11 is 0. The second-order valence-corrected chi connectivity index (χ2v) is 6.87. The molecule has 0 unspecified atom stereocenters. The van der Waals surface area contributed by atoms with Crippen molar-refractivity contribution < 1.29 is 14.3 Å². The maximum absolute atomic E-state index is 13.0. The van der Waals surface area contributed by atoms with E-state index >= 15 is 0 Å². The lowest BCUT2D eigenvalue weighted by Crippen LogP contribution is -2.43. The Kier molecular flexibility index (Phi) is 6.37. The zero-order chi connectivity index (χ0) is 19.2. The van der Waals surface area contributed by atoms with Gasteiger partial charge in [0.25, 0.3) is 0 Å². The van der Waals surface area contributed by atoms with Gasteiger partial charge in [0.1, 0.15) is 0 Å². The molecule has 0 aromatic heterocycles. The Hall–Kier alpha value is -2.50. The van der Waals surface area contributed by atoms with E-state index in [0.717, 1.165) is 38.3 Å². The SMILES string of the molecule is CCOC(=O)c1ccccc1C(=O)c1cccc(CN2CCN(C)CC2)c1. The fourth-order valence-corrected chi connectivity index (χ4v) is 3.30. The van der Waals surface area contributed by atoms with Gasteiger partial charge in [-0.15, -0.1) is 0 Å². The van der Waals surface area contributed by atoms with Crippen molar-refractivity contribution in [2.45, 2.75) is 13.5 Å². The molecule has 0 spiro atoms. The van der Waals surface area contributed by atoms with Gasteiger partial charge in [0.2, 0.25) is 0 Å². The van der Waals surface area contributed by atoms with Crippen LogP contribution in [-0.4, -0.2) is 61.4 Å². The van der Waals surface area contributed by atoms with Crippen LogP contribution in [0.3, 0.4) is 0 Å². The highest BCUT2D eigenvalue weighted by Gasteiger charge is 2.20. The molecular weight excluding hydrogens is 340 g/mol. The summed E-state index contributed by atoms with van der Waals surface area (Å²) in [7, 11) is 2.14. The monoisotopic (exact) mass is 366 g/mol. The van der Waals surface area contributed by atoms with Crippen LogP contribution in [0.2, 0.25) is 0 Å². The van der Waals surface area contributed by atoms with E-state index < -0.39 is 5.97 Å². The second kappa shape index (κ2) is 8.93. The third kappa shape index (κ3) is 4.81. The predicted octanol–water partition coefficient (Wildman–Crippen LogP) is 2.84. The smallest absolute Gasteiger partial charge is 0.338 e. The molecule has 1 heterocycles. The van der Waals surface area contributed by atoms with Crippen LogP contribution < -0.4 is 0 Å². The average molecular weight is 366 g/mol. The number of esters is 1. The summed E-state index contributed by atoms with van der Waals surface area (Å²) in [5.74, 6) is -0.617. The lowest BCUT2D eigenvalue weighted by atomic mass is 9.97. The maximum atomic E-state index is 13.0. The number of piperazine rings is 1. The minimum atomic E-state index is -0.463. The number of likely N-dealkylation sites (N-methyl/N-ethyl adjacent to an activating group) is 1. The molecule has 1 saturated heterocycles. The molecule has 0 atom stereocenters. The number of benzene rings is 2. The largest absolute Gasteiger partial charge is 0.462 e. The van der Waals surface area contributed by atoms with Crippen molar-refractivity contribution in [3.8, 4) is 0 Å². The number of ketones is 1. The molecule has 0 radical (unpaired) electrons. The predicted molar refractivity (Wildman–Crippen MR) is 105 cm³/mol. The summed E-state index contributed by atoms with van der Waals surface area (Å²) in [6.07, 6.45) is 0. The van der Waals surface area contributed by atoms with E-state index in [9.17, 15) is 9.59 Å². The fourth-order valence-electron chi connectivity index (χ4n) is 3.30. The normalized spacial score (nSPS) is 15.5. The van der Waals surface area contributed by atoms with Crippen molar-refractivity contribution in [1.82, 2.24) is 9.80 Å². The highest BCUT2D eigenvalue weighted by Crippen LogP contribution is 2.18. The van der Waals surface area contributed by atoms with E-state index in [1.165, 1.54) is 0 Å². The van der Waals surface area contributed by atoms with Gasteiger partial charge in [-0.1, -0.05) is 36.4 Å². The van der Waals surface area contributed by atoms with Crippen LogP contribution in [0.15, 0.2) is 48.5 Å². The van der Waals surface area contributed by atoms with E-state index in [1.54, 1.807) is 37.3 Å². The molecule has 142 valence electrons. The van der Waals surface area contributed by atoms with Crippen molar-refractivity contribution in [3.63, 3.8) is 0 Å². The Morgan fingerprint density at radius 1 is 0.963 bits per heavy atom. The molecule has 0 aliphatic carbocycles. The molecule has 0 saturated carbocycles. The van der Waals surface area contributed by atoms with Crippen LogP contribution in [0.5, 0.6) is 0 Å². The Morgan fingerprint density at radius 3 is 2.37 bits per heavy atom. The number of carbonyl (C=O) groups excluding carboxylic acids is 2. The molecule has 5 heteroatoms. The molecule has 0 amide bonds. The Bertz CT molecular complexity index is 811. The molecule has 3 rings (SSSR count). The average Bonchev–Trinajstić information content (AvgIpc) is 2.69. The molecule has 2 aromatic carbocycles. The van der Waals surface area contributed by atoms with Gasteiger partial charge in [-0.25, -0.2) is 4.79 Å². The van der Waals surface area contributed by atoms with E-state index in [-0.39, 0.29) is 12.4 Å². The lowest BCUT2D eigenvalue weighted by Gasteiger charge is -2.32. The Labute approximate surface area is 160 Å². The Balaban J connectivity index is 1.79. The van der Waals surface area contributed by atoms with Gasteiger partial charge in [-0.05, 0) is 31.7 Å². The maximum Gasteiger partial charge on any atom is 0.338 e. The van der Waals surface area contributed by atoms with Crippen LogP contribution in [0.1, 0.15) is 38.8 Å². The zero-order valence-corrected chi connectivity index (χ0v) is 16.0. The van der Waals surface area contributed by atoms with Gasteiger partial charge < -0.3 is 9.64 Å². The molecule has 0 N–H and O–H groups in total. The van der Waals surface area contributed by atoms with Gasteiger partial charge >= 0.3 is 5.97 Å². The van der Waals surface area contributed by atoms with Gasteiger partial charge in [-0.2, -0.15) is 0 Å². The molecule has 5 nitrogen and oxygen atoms in total. The van der Waals surface area contributed by atoms with Crippen LogP contribution >= 0.6 is 0 Å². The molecular formula is C22H26N2O3. The van der Waals surface area contributed by atoms with Crippen molar-refractivity contribution in [1.29, 1.82) is 0 Å². The van der Waals surface area contributed by atoms with Crippen LogP contribution in [0.4, 0.5) is 0 Å². The minimum Gasteiger partial charge on any atom is -0.462 e. The standard InChI is InChI=1S/C22H26N2O3/c1-3-27-22(26)20-10-5-4-9-19(20)21(25)18-8-6-7-17(15-18)16-24-13-11-23(2)12-14-24/h4-10,15H,3,11-14,16H2,1-2H3. The van der Waals surface area contributed by atoms with Crippen LogP contribution in [0.25, 0.3) is 0 Å². The highest BCUT2D eigenvalue weighted by atomic mass is 16.5. The summed E-state index contributed by atoms with van der Waals surface area (Å²) in [6, 6.07) is 14.5. The molecule has 1 aliphatic heterocycles. The number of hydrogen-bond donors (Lipinski definition) is 0. The van der Waals surface area contributed by atoms with Crippen LogP contribution in [0, 0.1) is 0 Å². The van der Waals surface area contributed by atoms with Gasteiger partial charge in [0, 0.05) is 43.9 Å². The van der Waals surface area contributed by atoms with Crippen molar-refractivity contribution in [2.75, 3.05) is 39.8 Å². The summed E-state index contributed by atoms with van der Waals surface area (Å²) in [5, 5.41) is 0. The summed E-state index contributed by atoms with van der Waals surface area (Å²) < 4.78 is 5.09. The first kappa shape index (κ1) is 19.3. The summed E-state index contributed by atoms with van der Waals surface area (Å²) in [4.78, 5) is 29.9.